The summed E-state index contributed by atoms with van der Waals surface area (Å²) in [5, 5.41) is 0. The number of nitrogens with zero attached hydrogens (tertiary/aromatic N) is 2. The molecule has 0 atom stereocenters. The Hall–Kier alpha value is 0.0369. The van der Waals surface area contributed by atoms with Crippen LogP contribution in [0.15, 0.2) is 18.7 Å². The van der Waals surface area contributed by atoms with Gasteiger partial charge >= 0.3 is 8.80 Å². The van der Waals surface area contributed by atoms with Gasteiger partial charge in [-0.2, -0.15) is 0 Å². The number of halogens is 1. The summed E-state index contributed by atoms with van der Waals surface area (Å²) in [4.78, 5) is 0. The predicted molar refractivity (Wildman–Crippen MR) is 75.7 cm³/mol. The van der Waals surface area contributed by atoms with Crippen molar-refractivity contribution in [3.05, 3.63) is 18.7 Å². The van der Waals surface area contributed by atoms with Crippen LogP contribution in [0.3, 0.4) is 0 Å². The molecule has 0 aromatic carbocycles. The molecule has 0 saturated carbocycles. The van der Waals surface area contributed by atoms with Gasteiger partial charge in [0.1, 0.15) is 12.4 Å². The highest BCUT2D eigenvalue weighted by Crippen LogP contribution is 2.14. The van der Waals surface area contributed by atoms with Gasteiger partial charge in [0, 0.05) is 27.4 Å². The van der Waals surface area contributed by atoms with Crippen molar-refractivity contribution in [2.45, 2.75) is 45.3 Å². The van der Waals surface area contributed by atoms with E-state index < -0.39 is 8.80 Å². The molecule has 1 aromatic heterocycles. The molecule has 7 heteroatoms. The highest BCUT2D eigenvalue weighted by molar-refractivity contribution is 6.60. The van der Waals surface area contributed by atoms with Crippen LogP contribution in [0.1, 0.15) is 26.2 Å². The largest absolute Gasteiger partial charge is 1.00 e. The minimum Gasteiger partial charge on any atom is -1.00 e. The fraction of sp³-hybridized carbons (Fsp3) is 0.769. The van der Waals surface area contributed by atoms with E-state index in [2.05, 4.69) is 34.8 Å². The highest BCUT2D eigenvalue weighted by Gasteiger charge is 2.37. The molecule has 0 spiro atoms. The van der Waals surface area contributed by atoms with E-state index in [0.29, 0.717) is 0 Å². The third kappa shape index (κ3) is 6.21. The zero-order valence-electron chi connectivity index (χ0n) is 13.0. The smallest absolute Gasteiger partial charge is 0.500 e. The van der Waals surface area contributed by atoms with Crippen LogP contribution in [0.5, 0.6) is 0 Å². The molecule has 20 heavy (non-hydrogen) atoms. The van der Waals surface area contributed by atoms with Crippen LogP contribution in [0, 0.1) is 0 Å². The molecule has 118 valence electrons. The fourth-order valence-corrected chi connectivity index (χ4v) is 3.78. The third-order valence-electron chi connectivity index (χ3n) is 3.35. The molecule has 5 nitrogen and oxygen atoms in total. The van der Waals surface area contributed by atoms with Crippen LogP contribution >= 0.6 is 0 Å². The monoisotopic (exact) mass is 414 g/mol. The SMILES string of the molecule is CCCCn1cc[n+](CCC[Si](OC)(OC)OC)c1.[I-]. The average Bonchev–Trinajstić information content (AvgIpc) is 2.90. The van der Waals surface area contributed by atoms with Crippen LogP contribution in [-0.2, 0) is 26.4 Å². The average molecular weight is 414 g/mol. The molecule has 0 bridgehead atoms. The van der Waals surface area contributed by atoms with Crippen molar-refractivity contribution in [2.24, 2.45) is 0 Å². The molecule has 1 heterocycles. The maximum absolute atomic E-state index is 5.41. The highest BCUT2D eigenvalue weighted by atomic mass is 127. The number of hydrogen-bond donors (Lipinski definition) is 0. The summed E-state index contributed by atoms with van der Waals surface area (Å²) in [6.45, 7) is 4.27. The van der Waals surface area contributed by atoms with Gasteiger partial charge in [0.2, 0.25) is 6.33 Å². The summed E-state index contributed by atoms with van der Waals surface area (Å²) in [6.07, 6.45) is 9.84. The lowest BCUT2D eigenvalue weighted by Gasteiger charge is -2.23. The van der Waals surface area contributed by atoms with Gasteiger partial charge in [0.15, 0.2) is 0 Å². The first-order chi connectivity index (χ1) is 9.19. The van der Waals surface area contributed by atoms with Crippen molar-refractivity contribution in [3.63, 3.8) is 0 Å². The summed E-state index contributed by atoms with van der Waals surface area (Å²) < 4.78 is 20.7. The number of hydrogen-bond acceptors (Lipinski definition) is 3. The number of aromatic nitrogens is 2. The van der Waals surface area contributed by atoms with Gasteiger partial charge in [-0.25, -0.2) is 9.13 Å². The van der Waals surface area contributed by atoms with E-state index in [0.717, 1.165) is 25.6 Å². The number of aryl methyl sites for hydroxylation is 2. The quantitative estimate of drug-likeness (QED) is 0.276. The molecule has 0 amide bonds. The van der Waals surface area contributed by atoms with Crippen molar-refractivity contribution < 1.29 is 41.8 Å². The van der Waals surface area contributed by atoms with E-state index >= 15 is 0 Å². The number of unbranched alkanes of at least 4 members (excludes halogenated alkanes) is 1. The molecule has 0 aliphatic rings. The first kappa shape index (κ1) is 20.0. The second kappa shape index (κ2) is 10.7. The first-order valence-corrected chi connectivity index (χ1v) is 8.83. The van der Waals surface area contributed by atoms with E-state index in [9.17, 15) is 0 Å². The van der Waals surface area contributed by atoms with Crippen molar-refractivity contribution in [2.75, 3.05) is 21.3 Å². The van der Waals surface area contributed by atoms with Crippen molar-refractivity contribution in [1.82, 2.24) is 4.57 Å². The molecular formula is C13H27IN2O3Si. The molecular weight excluding hydrogens is 387 g/mol. The Kier molecular flexibility index (Phi) is 10.7. The van der Waals surface area contributed by atoms with E-state index in [1.54, 1.807) is 21.3 Å². The molecule has 0 radical (unpaired) electrons. The molecule has 0 N–H and O–H groups in total. The van der Waals surface area contributed by atoms with Crippen LogP contribution < -0.4 is 28.5 Å². The van der Waals surface area contributed by atoms with Gasteiger partial charge < -0.3 is 37.3 Å². The zero-order valence-corrected chi connectivity index (χ0v) is 16.1. The van der Waals surface area contributed by atoms with Gasteiger partial charge in [-0.05, 0) is 12.8 Å². The molecule has 1 rings (SSSR count). The van der Waals surface area contributed by atoms with E-state index in [1.165, 1.54) is 12.8 Å². The predicted octanol–water partition coefficient (Wildman–Crippen LogP) is -1.15. The maximum Gasteiger partial charge on any atom is 0.500 e. The van der Waals surface area contributed by atoms with Gasteiger partial charge in [0.05, 0.1) is 13.1 Å². The number of rotatable bonds is 10. The third-order valence-corrected chi connectivity index (χ3v) is 6.18. The summed E-state index contributed by atoms with van der Waals surface area (Å²) in [5.74, 6) is 0. The lowest BCUT2D eigenvalue weighted by Crippen LogP contribution is -3.00. The summed E-state index contributed by atoms with van der Waals surface area (Å²) >= 11 is 0. The molecule has 0 aliphatic heterocycles. The topological polar surface area (TPSA) is 36.5 Å². The maximum atomic E-state index is 5.41. The standard InChI is InChI=1S/C13H27N2O3Si.HI/c1-5-6-8-14-10-11-15(13-14)9-7-12-19(16-2,17-3)18-4;/h10-11,13H,5-9,12H2,1-4H3;1H/q+1;/p-1. The zero-order chi connectivity index (χ0) is 14.1. The summed E-state index contributed by atoms with van der Waals surface area (Å²) in [5.41, 5.74) is 0. The second-order valence-corrected chi connectivity index (χ2v) is 7.73. The van der Waals surface area contributed by atoms with E-state index in [-0.39, 0.29) is 24.0 Å². The Morgan fingerprint density at radius 1 is 1.10 bits per heavy atom. The van der Waals surface area contributed by atoms with Gasteiger partial charge in [0.25, 0.3) is 0 Å². The Morgan fingerprint density at radius 2 is 1.75 bits per heavy atom. The lowest BCUT2D eigenvalue weighted by molar-refractivity contribution is -0.696. The Morgan fingerprint density at radius 3 is 2.30 bits per heavy atom. The van der Waals surface area contributed by atoms with E-state index in [1.807, 2.05) is 0 Å². The normalized spacial score (nSPS) is 11.4. The molecule has 0 unspecified atom stereocenters. The van der Waals surface area contributed by atoms with Crippen LogP contribution in [-0.4, -0.2) is 34.7 Å². The number of imidazole rings is 1. The second-order valence-electron chi connectivity index (χ2n) is 4.64. The Balaban J connectivity index is 0.00000361. The molecule has 0 saturated heterocycles. The van der Waals surface area contributed by atoms with Gasteiger partial charge in [-0.3, -0.25) is 0 Å². The fourth-order valence-electron chi connectivity index (χ4n) is 2.08. The first-order valence-electron chi connectivity index (χ1n) is 6.90. The summed E-state index contributed by atoms with van der Waals surface area (Å²) in [7, 11) is 2.58. The lowest BCUT2D eigenvalue weighted by atomic mass is 10.3. The molecule has 0 aliphatic carbocycles. The van der Waals surface area contributed by atoms with Crippen LogP contribution in [0.25, 0.3) is 0 Å². The minimum absolute atomic E-state index is 0. The summed E-state index contributed by atoms with van der Waals surface area (Å²) in [6, 6.07) is 0.837. The van der Waals surface area contributed by atoms with Crippen LogP contribution in [0.4, 0.5) is 0 Å². The minimum atomic E-state index is -2.41. The van der Waals surface area contributed by atoms with Crippen LogP contribution in [0.2, 0.25) is 6.04 Å². The molecule has 1 aromatic rings. The Labute approximate surface area is 140 Å². The van der Waals surface area contributed by atoms with E-state index in [4.69, 9.17) is 13.3 Å². The van der Waals surface area contributed by atoms with Gasteiger partial charge in [-0.1, -0.05) is 13.3 Å². The van der Waals surface area contributed by atoms with Crippen molar-refractivity contribution in [1.29, 1.82) is 0 Å². The van der Waals surface area contributed by atoms with Crippen molar-refractivity contribution in [3.8, 4) is 0 Å². The van der Waals surface area contributed by atoms with Crippen molar-refractivity contribution >= 4 is 8.80 Å². The van der Waals surface area contributed by atoms with Gasteiger partial charge in [-0.15, -0.1) is 0 Å². The Bertz CT molecular complexity index is 351. The molecule has 0 fully saturated rings.